The summed E-state index contributed by atoms with van der Waals surface area (Å²) in [6.45, 7) is 14.4. The van der Waals surface area contributed by atoms with Crippen LogP contribution >= 0.6 is 0 Å². The van der Waals surface area contributed by atoms with E-state index in [-0.39, 0.29) is 10.8 Å². The van der Waals surface area contributed by atoms with Crippen LogP contribution in [-0.2, 0) is 17.3 Å². The molecule has 0 saturated heterocycles. The van der Waals surface area contributed by atoms with Gasteiger partial charge in [0.2, 0.25) is 0 Å². The number of hydrogen-bond donors (Lipinski definition) is 0. The van der Waals surface area contributed by atoms with Gasteiger partial charge in [-0.3, -0.25) is 0 Å². The number of allylic oxidation sites excluding steroid dienone is 1. The van der Waals surface area contributed by atoms with Crippen molar-refractivity contribution in [3.63, 3.8) is 0 Å². The highest BCUT2D eigenvalue weighted by Crippen LogP contribution is 2.55. The summed E-state index contributed by atoms with van der Waals surface area (Å²) in [4.78, 5) is 0. The molecular formula is C25H33NO. The van der Waals surface area contributed by atoms with E-state index in [0.29, 0.717) is 11.8 Å². The van der Waals surface area contributed by atoms with Crippen molar-refractivity contribution in [1.82, 2.24) is 5.16 Å². The minimum Gasteiger partial charge on any atom is -0.357 e. The molecule has 2 aliphatic carbocycles. The third kappa shape index (κ3) is 2.98. The average Bonchev–Trinajstić information content (AvgIpc) is 3.32. The minimum atomic E-state index is 0.194. The van der Waals surface area contributed by atoms with Crippen LogP contribution in [0.25, 0.3) is 11.6 Å². The van der Waals surface area contributed by atoms with Gasteiger partial charge in [-0.05, 0) is 75.8 Å². The van der Waals surface area contributed by atoms with Gasteiger partial charge in [-0.25, -0.2) is 0 Å². The molecule has 0 bridgehead atoms. The van der Waals surface area contributed by atoms with Crippen LogP contribution in [0.2, 0.25) is 0 Å². The van der Waals surface area contributed by atoms with Gasteiger partial charge in [-0.1, -0.05) is 65.3 Å². The second-order valence-corrected chi connectivity index (χ2v) is 9.76. The standard InChI is InChI=1S/C25H33NO/c1-7-8-18-13-22-23(25(5,6)16(2)24(22,3)4)15-21(18)20(17-9-10-17)14-19-11-12-26-27-19/h11-17H,7-10H2,1-6H3. The van der Waals surface area contributed by atoms with Crippen LogP contribution in [-0.4, -0.2) is 5.16 Å². The largest absolute Gasteiger partial charge is 0.357 e. The number of benzene rings is 1. The van der Waals surface area contributed by atoms with Gasteiger partial charge in [0, 0.05) is 6.07 Å². The predicted octanol–water partition coefficient (Wildman–Crippen LogP) is 6.78. The van der Waals surface area contributed by atoms with Gasteiger partial charge >= 0.3 is 0 Å². The highest BCUT2D eigenvalue weighted by Gasteiger charge is 2.49. The second-order valence-electron chi connectivity index (χ2n) is 9.76. The molecular weight excluding hydrogens is 330 g/mol. The molecule has 2 heteroatoms. The summed E-state index contributed by atoms with van der Waals surface area (Å²) < 4.78 is 5.42. The molecule has 1 unspecified atom stereocenters. The highest BCUT2D eigenvalue weighted by molar-refractivity contribution is 5.85. The first-order valence-corrected chi connectivity index (χ1v) is 10.6. The Hall–Kier alpha value is -1.83. The normalized spacial score (nSPS) is 23.5. The Morgan fingerprint density at radius 1 is 1.15 bits per heavy atom. The van der Waals surface area contributed by atoms with E-state index in [1.54, 1.807) is 17.3 Å². The first-order chi connectivity index (χ1) is 12.8. The summed E-state index contributed by atoms with van der Waals surface area (Å²) in [5.41, 5.74) is 7.92. The summed E-state index contributed by atoms with van der Waals surface area (Å²) in [6, 6.07) is 7.03. The summed E-state index contributed by atoms with van der Waals surface area (Å²) >= 11 is 0. The molecule has 0 aliphatic heterocycles. The Morgan fingerprint density at radius 3 is 2.37 bits per heavy atom. The molecule has 0 amide bonds. The molecule has 27 heavy (non-hydrogen) atoms. The first-order valence-electron chi connectivity index (χ1n) is 10.6. The average molecular weight is 364 g/mol. The van der Waals surface area contributed by atoms with Crippen LogP contribution in [0.5, 0.6) is 0 Å². The van der Waals surface area contributed by atoms with Crippen LogP contribution in [0.1, 0.15) is 88.8 Å². The van der Waals surface area contributed by atoms with E-state index < -0.39 is 0 Å². The van der Waals surface area contributed by atoms with Crippen molar-refractivity contribution in [3.05, 3.63) is 52.4 Å². The Labute approximate surface area is 164 Å². The second kappa shape index (κ2) is 6.36. The van der Waals surface area contributed by atoms with Crippen molar-refractivity contribution in [1.29, 1.82) is 0 Å². The van der Waals surface area contributed by atoms with E-state index >= 15 is 0 Å². The Balaban J connectivity index is 1.92. The third-order valence-corrected chi connectivity index (χ3v) is 7.40. The van der Waals surface area contributed by atoms with E-state index in [4.69, 9.17) is 4.52 Å². The molecule has 2 nitrogen and oxygen atoms in total. The molecule has 0 radical (unpaired) electrons. The fourth-order valence-electron chi connectivity index (χ4n) is 5.09. The third-order valence-electron chi connectivity index (χ3n) is 7.40. The lowest BCUT2D eigenvalue weighted by atomic mass is 9.71. The molecule has 1 aromatic heterocycles. The first kappa shape index (κ1) is 18.5. The highest BCUT2D eigenvalue weighted by atomic mass is 16.5. The van der Waals surface area contributed by atoms with Crippen molar-refractivity contribution in [2.75, 3.05) is 0 Å². The van der Waals surface area contributed by atoms with Gasteiger partial charge < -0.3 is 4.52 Å². The maximum atomic E-state index is 5.42. The van der Waals surface area contributed by atoms with Crippen molar-refractivity contribution in [2.45, 2.75) is 78.1 Å². The molecule has 0 spiro atoms. The van der Waals surface area contributed by atoms with E-state index in [1.807, 2.05) is 6.07 Å². The molecule has 1 heterocycles. The molecule has 1 aromatic carbocycles. The maximum Gasteiger partial charge on any atom is 0.159 e. The topological polar surface area (TPSA) is 26.0 Å². The van der Waals surface area contributed by atoms with Crippen LogP contribution in [0.15, 0.2) is 28.9 Å². The molecule has 2 aliphatic rings. The zero-order chi connectivity index (χ0) is 19.4. The lowest BCUT2D eigenvalue weighted by molar-refractivity contribution is 0.264. The van der Waals surface area contributed by atoms with E-state index in [1.165, 1.54) is 36.0 Å². The summed E-state index contributed by atoms with van der Waals surface area (Å²) in [5, 5.41) is 3.90. The lowest BCUT2D eigenvalue weighted by Crippen LogP contribution is -2.30. The minimum absolute atomic E-state index is 0.194. The monoisotopic (exact) mass is 363 g/mol. The number of aromatic nitrogens is 1. The van der Waals surface area contributed by atoms with Gasteiger partial charge in [0.05, 0.1) is 6.20 Å². The van der Waals surface area contributed by atoms with Gasteiger partial charge in [-0.2, -0.15) is 0 Å². The van der Waals surface area contributed by atoms with Crippen LogP contribution in [0, 0.1) is 11.8 Å². The summed E-state index contributed by atoms with van der Waals surface area (Å²) in [6.07, 6.45) is 8.85. The van der Waals surface area contributed by atoms with Crippen LogP contribution in [0.3, 0.4) is 0 Å². The fourth-order valence-corrected chi connectivity index (χ4v) is 5.09. The number of rotatable bonds is 5. The number of nitrogens with zero attached hydrogens (tertiary/aromatic N) is 1. The fraction of sp³-hybridized carbons (Fsp3) is 0.560. The summed E-state index contributed by atoms with van der Waals surface area (Å²) in [5.74, 6) is 2.15. The van der Waals surface area contributed by atoms with E-state index in [9.17, 15) is 0 Å². The molecule has 4 rings (SSSR count). The predicted molar refractivity (Wildman–Crippen MR) is 113 cm³/mol. The number of aryl methyl sites for hydroxylation is 1. The van der Waals surface area contributed by atoms with Gasteiger partial charge in [0.25, 0.3) is 0 Å². The molecule has 144 valence electrons. The Morgan fingerprint density at radius 2 is 1.81 bits per heavy atom. The number of fused-ring (bicyclic) bond motifs is 1. The SMILES string of the molecule is CCCc1cc2c(cc1C(=Cc1ccno1)C1CC1)C(C)(C)C(C)C2(C)C. The Bertz CT molecular complexity index is 866. The van der Waals surface area contributed by atoms with Crippen LogP contribution in [0.4, 0.5) is 0 Å². The zero-order valence-electron chi connectivity index (χ0n) is 17.7. The van der Waals surface area contributed by atoms with Crippen molar-refractivity contribution >= 4 is 11.6 Å². The van der Waals surface area contributed by atoms with Gasteiger partial charge in [0.1, 0.15) is 0 Å². The van der Waals surface area contributed by atoms with Gasteiger partial charge in [0.15, 0.2) is 5.76 Å². The van der Waals surface area contributed by atoms with Crippen LogP contribution < -0.4 is 0 Å². The molecule has 2 aromatic rings. The zero-order valence-corrected chi connectivity index (χ0v) is 17.7. The molecule has 1 saturated carbocycles. The quantitative estimate of drug-likeness (QED) is 0.585. The summed E-state index contributed by atoms with van der Waals surface area (Å²) in [7, 11) is 0. The molecule has 1 atom stereocenters. The molecule has 1 fully saturated rings. The van der Waals surface area contributed by atoms with Crippen molar-refractivity contribution in [3.8, 4) is 0 Å². The molecule has 0 N–H and O–H groups in total. The van der Waals surface area contributed by atoms with E-state index in [0.717, 1.165) is 12.2 Å². The van der Waals surface area contributed by atoms with Crippen molar-refractivity contribution < 1.29 is 4.52 Å². The smallest absolute Gasteiger partial charge is 0.159 e. The van der Waals surface area contributed by atoms with Crippen molar-refractivity contribution in [2.24, 2.45) is 11.8 Å². The number of hydrogen-bond acceptors (Lipinski definition) is 2. The Kier molecular flexibility index (Phi) is 4.36. The van der Waals surface area contributed by atoms with E-state index in [2.05, 4.69) is 64.9 Å². The lowest BCUT2D eigenvalue weighted by Gasteiger charge is -2.32. The van der Waals surface area contributed by atoms with Gasteiger partial charge in [-0.15, -0.1) is 0 Å². The maximum absolute atomic E-state index is 5.42.